The van der Waals surface area contributed by atoms with Crippen molar-refractivity contribution in [3.8, 4) is 0 Å². The van der Waals surface area contributed by atoms with Gasteiger partial charge in [-0.25, -0.2) is 0 Å². The van der Waals surface area contributed by atoms with Gasteiger partial charge in [-0.1, -0.05) is 30.3 Å². The zero-order valence-corrected chi connectivity index (χ0v) is 18.4. The minimum Gasteiger partial charge on any atom is -0.332 e. The number of para-hydroxylation sites is 1. The molecule has 2 amide bonds. The van der Waals surface area contributed by atoms with Crippen molar-refractivity contribution < 1.29 is 14.5 Å². The van der Waals surface area contributed by atoms with Crippen molar-refractivity contribution in [2.24, 2.45) is 0 Å². The van der Waals surface area contributed by atoms with Crippen molar-refractivity contribution in [3.05, 3.63) is 106 Å². The highest BCUT2D eigenvalue weighted by Gasteiger charge is 2.13. The molecule has 3 aromatic rings. The van der Waals surface area contributed by atoms with E-state index in [2.05, 4.69) is 10.6 Å². The van der Waals surface area contributed by atoms with Gasteiger partial charge in [0.1, 0.15) is 0 Å². The second-order valence-electron chi connectivity index (χ2n) is 6.91. The van der Waals surface area contributed by atoms with Crippen molar-refractivity contribution in [1.29, 1.82) is 0 Å². The summed E-state index contributed by atoms with van der Waals surface area (Å²) in [6, 6.07) is 21.9. The van der Waals surface area contributed by atoms with E-state index in [0.717, 1.165) is 5.69 Å². The Morgan fingerprint density at radius 3 is 2.36 bits per heavy atom. The maximum Gasteiger partial charge on any atom is 0.270 e. The third-order valence-corrected chi connectivity index (χ3v) is 4.79. The van der Waals surface area contributed by atoms with Crippen LogP contribution in [0.15, 0.2) is 84.9 Å². The Balaban J connectivity index is 1.55. The lowest BCUT2D eigenvalue weighted by Crippen LogP contribution is -2.32. The fraction of sp³-hybridized carbons (Fsp3) is 0.0417. The number of non-ortho nitro benzene ring substituents is 1. The van der Waals surface area contributed by atoms with Gasteiger partial charge >= 0.3 is 0 Å². The van der Waals surface area contributed by atoms with Gasteiger partial charge in [-0.15, -0.1) is 0 Å². The van der Waals surface area contributed by atoms with E-state index in [-0.39, 0.29) is 16.7 Å². The summed E-state index contributed by atoms with van der Waals surface area (Å²) in [4.78, 5) is 36.6. The molecule has 3 aromatic carbocycles. The number of rotatable bonds is 6. The molecule has 0 aliphatic carbocycles. The highest BCUT2D eigenvalue weighted by atomic mass is 32.1. The molecule has 2 N–H and O–H groups in total. The first-order valence-electron chi connectivity index (χ1n) is 9.81. The molecular formula is C24H20N4O4S. The van der Waals surface area contributed by atoms with Gasteiger partial charge in [-0.3, -0.25) is 25.0 Å². The van der Waals surface area contributed by atoms with E-state index in [1.807, 2.05) is 30.3 Å². The van der Waals surface area contributed by atoms with Gasteiger partial charge in [0.2, 0.25) is 5.91 Å². The second kappa shape index (κ2) is 10.8. The third kappa shape index (κ3) is 6.55. The zero-order chi connectivity index (χ0) is 23.8. The summed E-state index contributed by atoms with van der Waals surface area (Å²) in [5, 5.41) is 16.3. The Labute approximate surface area is 195 Å². The summed E-state index contributed by atoms with van der Waals surface area (Å²) in [6.45, 7) is 0. The molecule has 33 heavy (non-hydrogen) atoms. The fourth-order valence-electron chi connectivity index (χ4n) is 2.89. The molecule has 8 nitrogen and oxygen atoms in total. The zero-order valence-electron chi connectivity index (χ0n) is 17.6. The first-order valence-corrected chi connectivity index (χ1v) is 10.2. The summed E-state index contributed by atoms with van der Waals surface area (Å²) < 4.78 is 0. The number of benzene rings is 3. The standard InChI is InChI=1S/C24H20N4O4S/c1-27(20-7-3-2-4-8-20)23(30)18-11-13-19(14-12-18)25-24(33)26-22(29)15-10-17-6-5-9-21(16-17)28(31)32/h2-16H,1H3,(H2,25,26,29,33)/b15-10+. The van der Waals surface area contributed by atoms with Crippen LogP contribution in [0.2, 0.25) is 0 Å². The number of amides is 2. The van der Waals surface area contributed by atoms with Crippen LogP contribution < -0.4 is 15.5 Å². The van der Waals surface area contributed by atoms with Gasteiger partial charge in [0, 0.05) is 42.2 Å². The van der Waals surface area contributed by atoms with Crippen LogP contribution in [-0.4, -0.2) is 28.9 Å². The molecule has 0 spiro atoms. The summed E-state index contributed by atoms with van der Waals surface area (Å²) in [5.41, 5.74) is 2.33. The summed E-state index contributed by atoms with van der Waals surface area (Å²) >= 11 is 5.15. The van der Waals surface area contributed by atoms with Crippen LogP contribution >= 0.6 is 12.2 Å². The molecule has 0 aromatic heterocycles. The largest absolute Gasteiger partial charge is 0.332 e. The molecule has 9 heteroatoms. The normalized spacial score (nSPS) is 10.5. The van der Waals surface area contributed by atoms with Crippen LogP contribution in [-0.2, 0) is 4.79 Å². The van der Waals surface area contributed by atoms with E-state index < -0.39 is 10.8 Å². The van der Waals surface area contributed by atoms with Crippen molar-refractivity contribution in [1.82, 2.24) is 5.32 Å². The first-order chi connectivity index (χ1) is 15.8. The number of carbonyl (C=O) groups excluding carboxylic acids is 2. The Morgan fingerprint density at radius 1 is 1.00 bits per heavy atom. The minimum atomic E-state index is -0.505. The number of nitrogens with one attached hydrogen (secondary N) is 2. The quantitative estimate of drug-likeness (QED) is 0.245. The number of nitro groups is 1. The summed E-state index contributed by atoms with van der Waals surface area (Å²) in [5.74, 6) is -0.648. The van der Waals surface area contributed by atoms with Crippen LogP contribution in [0.25, 0.3) is 6.08 Å². The molecule has 0 fully saturated rings. The van der Waals surface area contributed by atoms with Gasteiger partial charge in [0.05, 0.1) is 4.92 Å². The Morgan fingerprint density at radius 2 is 1.70 bits per heavy atom. The van der Waals surface area contributed by atoms with Crippen LogP contribution in [0, 0.1) is 10.1 Å². The highest BCUT2D eigenvalue weighted by molar-refractivity contribution is 7.80. The first kappa shape index (κ1) is 23.3. The smallest absolute Gasteiger partial charge is 0.270 e. The number of hydrogen-bond donors (Lipinski definition) is 2. The van der Waals surface area contributed by atoms with Gasteiger partial charge in [0.25, 0.3) is 11.6 Å². The number of nitrogens with zero attached hydrogens (tertiary/aromatic N) is 2. The maximum absolute atomic E-state index is 12.6. The van der Waals surface area contributed by atoms with E-state index in [1.165, 1.54) is 30.4 Å². The number of anilines is 2. The Kier molecular flexibility index (Phi) is 7.61. The predicted octanol–water partition coefficient (Wildman–Crippen LogP) is 4.40. The summed E-state index contributed by atoms with van der Waals surface area (Å²) in [7, 11) is 1.70. The monoisotopic (exact) mass is 460 g/mol. The van der Waals surface area contributed by atoms with Crippen LogP contribution in [0.4, 0.5) is 17.1 Å². The van der Waals surface area contributed by atoms with Crippen molar-refractivity contribution in [2.75, 3.05) is 17.3 Å². The fourth-order valence-corrected chi connectivity index (χ4v) is 3.11. The lowest BCUT2D eigenvalue weighted by atomic mass is 10.1. The van der Waals surface area contributed by atoms with Gasteiger partial charge in [-0.05, 0) is 60.3 Å². The summed E-state index contributed by atoms with van der Waals surface area (Å²) in [6.07, 6.45) is 2.68. The molecule has 0 atom stereocenters. The van der Waals surface area contributed by atoms with Gasteiger partial charge in [-0.2, -0.15) is 0 Å². The van der Waals surface area contributed by atoms with E-state index in [1.54, 1.807) is 42.3 Å². The van der Waals surface area contributed by atoms with Crippen molar-refractivity contribution >= 4 is 52.3 Å². The number of carbonyl (C=O) groups is 2. The van der Waals surface area contributed by atoms with Crippen molar-refractivity contribution in [3.63, 3.8) is 0 Å². The third-order valence-electron chi connectivity index (χ3n) is 4.58. The number of nitro benzene ring substituents is 1. The lowest BCUT2D eigenvalue weighted by molar-refractivity contribution is -0.384. The molecule has 0 saturated carbocycles. The number of hydrogen-bond acceptors (Lipinski definition) is 5. The molecule has 0 aliphatic heterocycles. The predicted molar refractivity (Wildman–Crippen MR) is 132 cm³/mol. The number of thiocarbonyl (C=S) groups is 1. The van der Waals surface area contributed by atoms with Crippen molar-refractivity contribution in [2.45, 2.75) is 0 Å². The average molecular weight is 461 g/mol. The molecule has 0 aliphatic rings. The van der Waals surface area contributed by atoms with E-state index in [0.29, 0.717) is 16.8 Å². The van der Waals surface area contributed by atoms with E-state index in [9.17, 15) is 19.7 Å². The molecule has 0 unspecified atom stereocenters. The van der Waals surface area contributed by atoms with Gasteiger partial charge in [0.15, 0.2) is 5.11 Å². The Hall–Kier alpha value is -4.37. The molecule has 0 saturated heterocycles. The van der Waals surface area contributed by atoms with E-state index >= 15 is 0 Å². The van der Waals surface area contributed by atoms with Gasteiger partial charge < -0.3 is 10.2 Å². The molecular weight excluding hydrogens is 440 g/mol. The molecule has 3 rings (SSSR count). The van der Waals surface area contributed by atoms with E-state index in [4.69, 9.17) is 12.2 Å². The molecule has 0 heterocycles. The molecule has 0 bridgehead atoms. The molecule has 166 valence electrons. The van der Waals surface area contributed by atoms with Crippen LogP contribution in [0.1, 0.15) is 15.9 Å². The maximum atomic E-state index is 12.6. The second-order valence-corrected chi connectivity index (χ2v) is 7.31. The SMILES string of the molecule is CN(C(=O)c1ccc(NC(=S)NC(=O)/C=C/c2cccc([N+](=O)[O-])c2)cc1)c1ccccc1. The average Bonchev–Trinajstić information content (AvgIpc) is 2.83. The highest BCUT2D eigenvalue weighted by Crippen LogP contribution is 2.17. The van der Waals surface area contributed by atoms with Crippen LogP contribution in [0.5, 0.6) is 0 Å². The Bertz CT molecular complexity index is 1210. The minimum absolute atomic E-state index is 0.0633. The topological polar surface area (TPSA) is 105 Å². The lowest BCUT2D eigenvalue weighted by Gasteiger charge is -2.17. The van der Waals surface area contributed by atoms with Crippen LogP contribution in [0.3, 0.4) is 0 Å². The molecule has 0 radical (unpaired) electrons.